The highest BCUT2D eigenvalue weighted by Crippen LogP contribution is 2.22. The first-order valence-corrected chi connectivity index (χ1v) is 8.64. The van der Waals surface area contributed by atoms with Crippen LogP contribution in [0.25, 0.3) is 0 Å². The van der Waals surface area contributed by atoms with E-state index in [1.54, 1.807) is 12.1 Å². The van der Waals surface area contributed by atoms with E-state index < -0.39 is 22.4 Å². The zero-order valence-electron chi connectivity index (χ0n) is 14.9. The highest BCUT2D eigenvalue weighted by Gasteiger charge is 2.21. The van der Waals surface area contributed by atoms with Gasteiger partial charge in [0, 0.05) is 35.4 Å². The van der Waals surface area contributed by atoms with E-state index in [0.29, 0.717) is 5.56 Å². The molecule has 0 aliphatic carbocycles. The van der Waals surface area contributed by atoms with Crippen molar-refractivity contribution in [2.24, 2.45) is 0 Å². The molecule has 2 amide bonds. The summed E-state index contributed by atoms with van der Waals surface area (Å²) in [6.45, 7) is 5.76. The monoisotopic (exact) mass is 390 g/mol. The number of nitro groups is 1. The number of benzene rings is 2. The second-order valence-electron chi connectivity index (χ2n) is 5.55. The van der Waals surface area contributed by atoms with Crippen molar-refractivity contribution in [2.75, 3.05) is 18.0 Å². The molecule has 0 atom stereocenters. The van der Waals surface area contributed by atoms with Gasteiger partial charge in [-0.25, -0.2) is 0 Å². The Morgan fingerprint density at radius 1 is 1.04 bits per heavy atom. The summed E-state index contributed by atoms with van der Waals surface area (Å²) < 4.78 is 0. The number of rotatable bonds is 6. The number of amides is 2. The van der Waals surface area contributed by atoms with Crippen LogP contribution < -0.4 is 15.8 Å². The van der Waals surface area contributed by atoms with Crippen molar-refractivity contribution in [1.82, 2.24) is 10.9 Å². The molecular weight excluding hydrogens is 372 g/mol. The lowest BCUT2D eigenvalue weighted by atomic mass is 10.1. The number of carbonyl (C=O) groups is 2. The summed E-state index contributed by atoms with van der Waals surface area (Å²) in [6, 6.07) is 10.5. The number of nitro benzene ring substituents is 1. The lowest BCUT2D eigenvalue weighted by Gasteiger charge is -2.21. The number of hydrazine groups is 1. The van der Waals surface area contributed by atoms with Crippen LogP contribution in [0.5, 0.6) is 0 Å². The van der Waals surface area contributed by atoms with Crippen molar-refractivity contribution >= 4 is 34.8 Å². The van der Waals surface area contributed by atoms with E-state index in [2.05, 4.69) is 15.8 Å². The Morgan fingerprint density at radius 2 is 1.63 bits per heavy atom. The Morgan fingerprint density at radius 3 is 2.19 bits per heavy atom. The van der Waals surface area contributed by atoms with Crippen LogP contribution >= 0.6 is 11.6 Å². The molecule has 0 heterocycles. The van der Waals surface area contributed by atoms with Gasteiger partial charge in [-0.1, -0.05) is 11.6 Å². The van der Waals surface area contributed by atoms with Gasteiger partial charge in [-0.2, -0.15) is 0 Å². The summed E-state index contributed by atoms with van der Waals surface area (Å²) in [5.41, 5.74) is 5.08. The summed E-state index contributed by atoms with van der Waals surface area (Å²) in [6.07, 6.45) is 0. The summed E-state index contributed by atoms with van der Waals surface area (Å²) in [7, 11) is 0. The quantitative estimate of drug-likeness (QED) is 0.582. The summed E-state index contributed by atoms with van der Waals surface area (Å²) in [5.74, 6) is -1.38. The molecule has 0 radical (unpaired) electrons. The average Bonchev–Trinajstić information content (AvgIpc) is 2.67. The van der Waals surface area contributed by atoms with Crippen molar-refractivity contribution in [3.05, 3.63) is 68.7 Å². The number of hydrogen-bond donors (Lipinski definition) is 2. The first-order chi connectivity index (χ1) is 12.9. The molecule has 0 aromatic heterocycles. The molecule has 9 heteroatoms. The lowest BCUT2D eigenvalue weighted by Crippen LogP contribution is -2.41. The molecule has 2 rings (SSSR count). The van der Waals surface area contributed by atoms with Crippen molar-refractivity contribution in [1.29, 1.82) is 0 Å². The van der Waals surface area contributed by atoms with Crippen LogP contribution in [0, 0.1) is 10.1 Å². The predicted octanol–water partition coefficient (Wildman–Crippen LogP) is 3.17. The van der Waals surface area contributed by atoms with Crippen LogP contribution in [0.4, 0.5) is 11.4 Å². The lowest BCUT2D eigenvalue weighted by molar-refractivity contribution is -0.385. The maximum atomic E-state index is 12.2. The van der Waals surface area contributed by atoms with Gasteiger partial charge in [0.1, 0.15) is 5.56 Å². The topological polar surface area (TPSA) is 105 Å². The number of anilines is 1. The highest BCUT2D eigenvalue weighted by molar-refractivity contribution is 6.31. The molecule has 0 saturated carbocycles. The maximum absolute atomic E-state index is 12.2. The van der Waals surface area contributed by atoms with E-state index >= 15 is 0 Å². The Hall–Kier alpha value is -3.13. The minimum absolute atomic E-state index is 0.170. The number of halogens is 1. The molecule has 2 aromatic carbocycles. The van der Waals surface area contributed by atoms with E-state index in [1.165, 1.54) is 12.1 Å². The molecule has 8 nitrogen and oxygen atoms in total. The fourth-order valence-electron chi connectivity index (χ4n) is 2.51. The van der Waals surface area contributed by atoms with Gasteiger partial charge in [0.15, 0.2) is 0 Å². The number of nitrogens with zero attached hydrogens (tertiary/aromatic N) is 2. The third-order valence-electron chi connectivity index (χ3n) is 3.95. The van der Waals surface area contributed by atoms with Gasteiger partial charge in [-0.3, -0.25) is 30.6 Å². The van der Waals surface area contributed by atoms with Crippen LogP contribution in [-0.2, 0) is 0 Å². The smallest absolute Gasteiger partial charge is 0.282 e. The summed E-state index contributed by atoms with van der Waals surface area (Å²) in [5, 5.41) is 11.2. The Kier molecular flexibility index (Phi) is 6.73. The minimum atomic E-state index is -0.836. The van der Waals surface area contributed by atoms with Crippen molar-refractivity contribution in [3.63, 3.8) is 0 Å². The first kappa shape index (κ1) is 20.2. The minimum Gasteiger partial charge on any atom is -0.372 e. The molecule has 0 aliphatic rings. The molecule has 0 saturated heterocycles. The molecule has 0 bridgehead atoms. The Balaban J connectivity index is 2.06. The van der Waals surface area contributed by atoms with E-state index in [0.717, 1.165) is 24.8 Å². The molecule has 2 N–H and O–H groups in total. The van der Waals surface area contributed by atoms with Crippen LogP contribution in [0.15, 0.2) is 42.5 Å². The molecule has 0 fully saturated rings. The molecule has 0 unspecified atom stereocenters. The second-order valence-corrected chi connectivity index (χ2v) is 5.98. The molecular formula is C18H19ClN4O4. The normalized spacial score (nSPS) is 10.2. The van der Waals surface area contributed by atoms with Gasteiger partial charge < -0.3 is 4.90 Å². The second kappa shape index (κ2) is 9.00. The van der Waals surface area contributed by atoms with E-state index in [-0.39, 0.29) is 10.6 Å². The maximum Gasteiger partial charge on any atom is 0.282 e. The average molecular weight is 391 g/mol. The predicted molar refractivity (Wildman–Crippen MR) is 103 cm³/mol. The van der Waals surface area contributed by atoms with E-state index in [9.17, 15) is 19.7 Å². The van der Waals surface area contributed by atoms with Gasteiger partial charge in [-0.05, 0) is 50.2 Å². The highest BCUT2D eigenvalue weighted by atomic mass is 35.5. The van der Waals surface area contributed by atoms with Gasteiger partial charge in [0.25, 0.3) is 17.5 Å². The molecule has 2 aromatic rings. The number of nitrogens with one attached hydrogen (secondary N) is 2. The van der Waals surface area contributed by atoms with Crippen molar-refractivity contribution in [3.8, 4) is 0 Å². The fourth-order valence-corrected chi connectivity index (χ4v) is 2.69. The van der Waals surface area contributed by atoms with Gasteiger partial charge in [0.2, 0.25) is 0 Å². The van der Waals surface area contributed by atoms with Gasteiger partial charge >= 0.3 is 0 Å². The third kappa shape index (κ3) is 4.95. The number of carbonyl (C=O) groups excluding carboxylic acids is 2. The SMILES string of the molecule is CCN(CC)c1ccc(C(=O)NNC(=O)c2cc(Cl)ccc2[N+](=O)[O-])cc1. The van der Waals surface area contributed by atoms with Crippen molar-refractivity contribution in [2.45, 2.75) is 13.8 Å². The van der Waals surface area contributed by atoms with E-state index in [4.69, 9.17) is 11.6 Å². The molecule has 27 heavy (non-hydrogen) atoms. The van der Waals surface area contributed by atoms with Crippen LogP contribution in [0.2, 0.25) is 5.02 Å². The van der Waals surface area contributed by atoms with Crippen molar-refractivity contribution < 1.29 is 14.5 Å². The summed E-state index contributed by atoms with van der Waals surface area (Å²) >= 11 is 5.79. The zero-order chi connectivity index (χ0) is 20.0. The third-order valence-corrected chi connectivity index (χ3v) is 4.18. The molecule has 142 valence electrons. The van der Waals surface area contributed by atoms with Gasteiger partial charge in [-0.15, -0.1) is 0 Å². The standard InChI is InChI=1S/C18H19ClN4O4/c1-3-22(4-2)14-8-5-12(6-9-14)17(24)20-21-18(25)15-11-13(19)7-10-16(15)23(26)27/h5-11H,3-4H2,1-2H3,(H,20,24)(H,21,25). The first-order valence-electron chi connectivity index (χ1n) is 8.27. The largest absolute Gasteiger partial charge is 0.372 e. The van der Waals surface area contributed by atoms with E-state index in [1.807, 2.05) is 26.0 Å². The zero-order valence-corrected chi connectivity index (χ0v) is 15.6. The number of hydrogen-bond acceptors (Lipinski definition) is 5. The Bertz CT molecular complexity index is 851. The molecule has 0 aliphatic heterocycles. The van der Waals surface area contributed by atoms with Crippen LogP contribution in [0.3, 0.4) is 0 Å². The Labute approximate surface area is 161 Å². The van der Waals surface area contributed by atoms with Gasteiger partial charge in [0.05, 0.1) is 4.92 Å². The van der Waals surface area contributed by atoms with Crippen LogP contribution in [0.1, 0.15) is 34.6 Å². The summed E-state index contributed by atoms with van der Waals surface area (Å²) in [4.78, 5) is 36.8. The van der Waals surface area contributed by atoms with Crippen LogP contribution in [-0.4, -0.2) is 29.8 Å². The fraction of sp³-hybridized carbons (Fsp3) is 0.222. The molecule has 0 spiro atoms.